The third kappa shape index (κ3) is 8.05. The average molecular weight is 279 g/mol. The second-order valence-corrected chi connectivity index (χ2v) is 5.04. The molecule has 0 bridgehead atoms. The quantitative estimate of drug-likeness (QED) is 0.586. The van der Waals surface area contributed by atoms with E-state index in [0.717, 1.165) is 24.6 Å². The van der Waals surface area contributed by atoms with Crippen LogP contribution in [0.1, 0.15) is 45.4 Å². The molecule has 1 aromatic rings. The lowest BCUT2D eigenvalue weighted by Gasteiger charge is -2.08. The highest BCUT2D eigenvalue weighted by Crippen LogP contribution is 2.16. The number of rotatable bonds is 12. The molecule has 0 heterocycles. The normalized spacial score (nSPS) is 10.5. The lowest BCUT2D eigenvalue weighted by atomic mass is 10.1. The topological polar surface area (TPSA) is 30.5 Å². The zero-order valence-electron chi connectivity index (χ0n) is 13.0. The molecule has 0 radical (unpaired) electrons. The largest absolute Gasteiger partial charge is 0.497 e. The van der Waals surface area contributed by atoms with Gasteiger partial charge in [0.15, 0.2) is 0 Å². The van der Waals surface area contributed by atoms with Gasteiger partial charge >= 0.3 is 0 Å². The van der Waals surface area contributed by atoms with E-state index in [1.807, 2.05) is 24.3 Å². The summed E-state index contributed by atoms with van der Waals surface area (Å²) in [7, 11) is 1.67. The number of methoxy groups -OCH3 is 1. The Labute approximate surface area is 123 Å². The molecule has 0 amide bonds. The molecule has 1 N–H and O–H groups in total. The fraction of sp³-hybridized carbons (Fsp3) is 0.647. The van der Waals surface area contributed by atoms with Gasteiger partial charge in [0.1, 0.15) is 18.1 Å². The predicted molar refractivity (Wildman–Crippen MR) is 84.7 cm³/mol. The Morgan fingerprint density at radius 1 is 0.850 bits per heavy atom. The molecule has 3 nitrogen and oxygen atoms in total. The fourth-order valence-electron chi connectivity index (χ4n) is 2.07. The van der Waals surface area contributed by atoms with Crippen LogP contribution in [0.25, 0.3) is 0 Å². The summed E-state index contributed by atoms with van der Waals surface area (Å²) in [5, 5.41) is 3.42. The summed E-state index contributed by atoms with van der Waals surface area (Å²) in [6, 6.07) is 7.71. The maximum absolute atomic E-state index is 5.65. The van der Waals surface area contributed by atoms with E-state index in [0.29, 0.717) is 6.61 Å². The van der Waals surface area contributed by atoms with Crippen molar-refractivity contribution in [3.8, 4) is 11.5 Å². The molecule has 0 aliphatic rings. The van der Waals surface area contributed by atoms with Crippen molar-refractivity contribution in [2.24, 2.45) is 0 Å². The van der Waals surface area contributed by atoms with Gasteiger partial charge in [0, 0.05) is 6.54 Å². The number of nitrogens with one attached hydrogen (secondary N) is 1. The lowest BCUT2D eigenvalue weighted by molar-refractivity contribution is 0.312. The molecule has 0 aromatic heterocycles. The molecule has 0 saturated heterocycles. The first-order valence-electron chi connectivity index (χ1n) is 7.84. The zero-order valence-corrected chi connectivity index (χ0v) is 13.0. The van der Waals surface area contributed by atoms with Gasteiger partial charge in [0.2, 0.25) is 0 Å². The molecule has 1 aromatic carbocycles. The smallest absolute Gasteiger partial charge is 0.119 e. The van der Waals surface area contributed by atoms with Crippen molar-refractivity contribution in [3.63, 3.8) is 0 Å². The highest BCUT2D eigenvalue weighted by Gasteiger charge is 1.95. The molecular weight excluding hydrogens is 250 g/mol. The maximum atomic E-state index is 5.65. The van der Waals surface area contributed by atoms with Crippen molar-refractivity contribution in [1.82, 2.24) is 5.32 Å². The summed E-state index contributed by atoms with van der Waals surface area (Å²) in [4.78, 5) is 0. The van der Waals surface area contributed by atoms with Crippen LogP contribution in [-0.4, -0.2) is 26.8 Å². The van der Waals surface area contributed by atoms with E-state index >= 15 is 0 Å². The number of hydrogen-bond donors (Lipinski definition) is 1. The fourth-order valence-corrected chi connectivity index (χ4v) is 2.07. The predicted octanol–water partition coefficient (Wildman–Crippen LogP) is 4.02. The molecule has 114 valence electrons. The molecule has 0 atom stereocenters. The molecule has 20 heavy (non-hydrogen) atoms. The molecule has 1 rings (SSSR count). The number of ether oxygens (including phenoxy) is 2. The first-order valence-corrected chi connectivity index (χ1v) is 7.84. The first-order chi connectivity index (χ1) is 9.86. The zero-order chi connectivity index (χ0) is 14.5. The molecule has 0 fully saturated rings. The van der Waals surface area contributed by atoms with Gasteiger partial charge in [-0.05, 0) is 37.2 Å². The molecule has 3 heteroatoms. The standard InChI is InChI=1S/C17H29NO2/c1-3-4-5-6-7-8-13-18-14-15-20-17-11-9-16(19-2)10-12-17/h9-12,18H,3-8,13-15H2,1-2H3. The second-order valence-electron chi connectivity index (χ2n) is 5.04. The van der Waals surface area contributed by atoms with Gasteiger partial charge < -0.3 is 14.8 Å². The summed E-state index contributed by atoms with van der Waals surface area (Å²) in [5.41, 5.74) is 0. The number of unbranched alkanes of at least 4 members (excludes halogenated alkanes) is 5. The third-order valence-electron chi connectivity index (χ3n) is 3.31. The van der Waals surface area contributed by atoms with Gasteiger partial charge in [0.05, 0.1) is 7.11 Å². The molecule has 0 aliphatic heterocycles. The average Bonchev–Trinajstić information content (AvgIpc) is 2.50. The van der Waals surface area contributed by atoms with Crippen LogP contribution in [0.5, 0.6) is 11.5 Å². The maximum Gasteiger partial charge on any atom is 0.119 e. The Bertz CT molecular complexity index is 324. The van der Waals surface area contributed by atoms with Crippen molar-refractivity contribution in [2.75, 3.05) is 26.8 Å². The van der Waals surface area contributed by atoms with Crippen molar-refractivity contribution < 1.29 is 9.47 Å². The van der Waals surface area contributed by atoms with Gasteiger partial charge in [0.25, 0.3) is 0 Å². The Balaban J connectivity index is 1.91. The summed E-state index contributed by atoms with van der Waals surface area (Å²) < 4.78 is 10.8. The minimum Gasteiger partial charge on any atom is -0.497 e. The summed E-state index contributed by atoms with van der Waals surface area (Å²) in [6.45, 7) is 4.96. The summed E-state index contributed by atoms with van der Waals surface area (Å²) >= 11 is 0. The Hall–Kier alpha value is -1.22. The Kier molecular flexibility index (Phi) is 9.76. The lowest BCUT2D eigenvalue weighted by Crippen LogP contribution is -2.22. The summed E-state index contributed by atoms with van der Waals surface area (Å²) in [5.74, 6) is 1.76. The van der Waals surface area contributed by atoms with E-state index < -0.39 is 0 Å². The van der Waals surface area contributed by atoms with E-state index in [2.05, 4.69) is 12.2 Å². The minimum atomic E-state index is 0.710. The van der Waals surface area contributed by atoms with E-state index in [1.165, 1.54) is 38.5 Å². The van der Waals surface area contributed by atoms with Crippen molar-refractivity contribution in [2.45, 2.75) is 45.4 Å². The van der Waals surface area contributed by atoms with Gasteiger partial charge in [-0.25, -0.2) is 0 Å². The van der Waals surface area contributed by atoms with Crippen molar-refractivity contribution in [1.29, 1.82) is 0 Å². The van der Waals surface area contributed by atoms with Crippen LogP contribution in [-0.2, 0) is 0 Å². The van der Waals surface area contributed by atoms with Crippen LogP contribution in [0, 0.1) is 0 Å². The second kappa shape index (κ2) is 11.6. The number of hydrogen-bond acceptors (Lipinski definition) is 3. The van der Waals surface area contributed by atoms with Crippen LogP contribution >= 0.6 is 0 Å². The van der Waals surface area contributed by atoms with E-state index in [9.17, 15) is 0 Å². The van der Waals surface area contributed by atoms with Crippen molar-refractivity contribution in [3.05, 3.63) is 24.3 Å². The first kappa shape index (κ1) is 16.8. The highest BCUT2D eigenvalue weighted by atomic mass is 16.5. The van der Waals surface area contributed by atoms with E-state index in [-0.39, 0.29) is 0 Å². The van der Waals surface area contributed by atoms with Gasteiger partial charge in [-0.2, -0.15) is 0 Å². The molecule has 0 spiro atoms. The van der Waals surface area contributed by atoms with E-state index in [4.69, 9.17) is 9.47 Å². The highest BCUT2D eigenvalue weighted by molar-refractivity contribution is 5.31. The van der Waals surface area contributed by atoms with Gasteiger partial charge in [-0.1, -0.05) is 39.0 Å². The van der Waals surface area contributed by atoms with Crippen molar-refractivity contribution >= 4 is 0 Å². The van der Waals surface area contributed by atoms with Crippen LogP contribution in [0.2, 0.25) is 0 Å². The van der Waals surface area contributed by atoms with Gasteiger partial charge in [-0.15, -0.1) is 0 Å². The Morgan fingerprint density at radius 3 is 2.20 bits per heavy atom. The Morgan fingerprint density at radius 2 is 1.50 bits per heavy atom. The van der Waals surface area contributed by atoms with Gasteiger partial charge in [-0.3, -0.25) is 0 Å². The van der Waals surface area contributed by atoms with Crippen LogP contribution in [0.15, 0.2) is 24.3 Å². The van der Waals surface area contributed by atoms with Crippen LogP contribution in [0.3, 0.4) is 0 Å². The molecule has 0 unspecified atom stereocenters. The third-order valence-corrected chi connectivity index (χ3v) is 3.31. The summed E-state index contributed by atoms with van der Waals surface area (Å²) in [6.07, 6.45) is 8.07. The monoisotopic (exact) mass is 279 g/mol. The number of benzene rings is 1. The molecule has 0 saturated carbocycles. The minimum absolute atomic E-state index is 0.710. The van der Waals surface area contributed by atoms with Crippen LogP contribution in [0.4, 0.5) is 0 Å². The van der Waals surface area contributed by atoms with E-state index in [1.54, 1.807) is 7.11 Å². The molecular formula is C17H29NO2. The van der Waals surface area contributed by atoms with Crippen LogP contribution < -0.4 is 14.8 Å². The molecule has 0 aliphatic carbocycles. The SMILES string of the molecule is CCCCCCCCNCCOc1ccc(OC)cc1.